The molecule has 0 saturated carbocycles. The van der Waals surface area contributed by atoms with Gasteiger partial charge < -0.3 is 0 Å². The average molecular weight is 429 g/mol. The molecule has 12 valence electrons. The van der Waals surface area contributed by atoms with Crippen molar-refractivity contribution in [3.8, 4) is 0 Å². The van der Waals surface area contributed by atoms with Gasteiger partial charge in [0.2, 0.25) is 0 Å². The molecule has 4 heteroatoms. The molecule has 0 aromatic heterocycles. The van der Waals surface area contributed by atoms with Gasteiger partial charge in [0, 0.05) is 109 Å². The van der Waals surface area contributed by atoms with Gasteiger partial charge in [0.15, 0.2) is 0 Å². The Labute approximate surface area is 107 Å². The van der Waals surface area contributed by atoms with Crippen LogP contribution in [0.2, 0.25) is 0 Å². The Kier molecular flexibility index (Phi) is 101. The third-order valence-electron chi connectivity index (χ3n) is 0. The molecule has 0 aliphatic rings. The predicted octanol–water partition coefficient (Wildman–Crippen LogP) is -1.14. The molecule has 0 aromatic rings. The minimum absolute atomic E-state index is 0. The first kappa shape index (κ1) is 25.4. The van der Waals surface area contributed by atoms with Crippen molar-refractivity contribution in [2.75, 3.05) is 0 Å². The number of hydrogen-bond acceptors (Lipinski definition) is 0. The van der Waals surface area contributed by atoms with E-state index >= 15 is 0 Å². The van der Waals surface area contributed by atoms with Crippen molar-refractivity contribution in [3.63, 3.8) is 0 Å². The summed E-state index contributed by atoms with van der Waals surface area (Å²) in [5.41, 5.74) is 0. The van der Waals surface area contributed by atoms with E-state index in [1.54, 1.807) is 0 Å². The van der Waals surface area contributed by atoms with Gasteiger partial charge in [0.1, 0.15) is 0 Å². The Bertz CT molecular complexity index is 8.00. The van der Waals surface area contributed by atoms with Crippen LogP contribution in [0.25, 0.3) is 0 Å². The smallest absolute Gasteiger partial charge is 0 e. The molecule has 0 atom stereocenters. The number of hydrogen-bond donors (Lipinski definition) is 0. The van der Waals surface area contributed by atoms with Crippen LogP contribution in [-0.4, -0.2) is 89.8 Å². The summed E-state index contributed by atoms with van der Waals surface area (Å²) in [5.74, 6) is 0. The Morgan fingerprint density at radius 3 is 1.00 bits per heavy atom. The van der Waals surface area contributed by atoms with E-state index in [2.05, 4.69) is 0 Å². The first-order valence-corrected chi connectivity index (χ1v) is 0. The summed E-state index contributed by atoms with van der Waals surface area (Å²) in [6.07, 6.45) is 0. The SMILES string of the molecule is [Bi].[Ca].[In].[Zn]. The van der Waals surface area contributed by atoms with Crippen molar-refractivity contribution >= 4 is 89.8 Å². The maximum atomic E-state index is 0. The second-order valence-electron chi connectivity index (χ2n) is 0. The molecule has 0 aromatic carbocycles. The fraction of sp³-hybridized carbons (Fsp3) is 0. The molecule has 0 nitrogen and oxygen atoms in total. The molecule has 0 fully saturated rings. The summed E-state index contributed by atoms with van der Waals surface area (Å²) in [7, 11) is 0. The fourth-order valence-corrected chi connectivity index (χ4v) is 0. The minimum Gasteiger partial charge on any atom is 0 e. The molecule has 4 heavy (non-hydrogen) atoms. The zero-order valence-electron chi connectivity index (χ0n) is 2.44. The standard InChI is InChI=1S/Bi.Ca.In.Zn. The van der Waals surface area contributed by atoms with Crippen LogP contribution in [0.15, 0.2) is 0 Å². The van der Waals surface area contributed by atoms with Gasteiger partial charge in [-0.2, -0.15) is 0 Å². The Morgan fingerprint density at radius 1 is 1.00 bits per heavy atom. The quantitative estimate of drug-likeness (QED) is 0.427. The van der Waals surface area contributed by atoms with Crippen LogP contribution >= 0.6 is 0 Å². The van der Waals surface area contributed by atoms with Crippen LogP contribution in [-0.2, 0) is 19.5 Å². The van der Waals surface area contributed by atoms with E-state index < -0.39 is 0 Å². The molecular weight excluding hydrogens is 429 g/mol. The third-order valence-corrected chi connectivity index (χ3v) is 0. The second-order valence-corrected chi connectivity index (χ2v) is 0. The first-order chi connectivity index (χ1) is 0. The molecule has 0 N–H and O–H groups in total. The molecule has 0 aliphatic heterocycles. The van der Waals surface area contributed by atoms with Gasteiger partial charge in [-0.15, -0.1) is 0 Å². The van der Waals surface area contributed by atoms with Gasteiger partial charge in [-0.25, -0.2) is 0 Å². The maximum absolute atomic E-state index is 0. The van der Waals surface area contributed by atoms with Gasteiger partial charge in [0.25, 0.3) is 0 Å². The Hall–Kier alpha value is 3.64. The molecule has 0 heterocycles. The van der Waals surface area contributed by atoms with Crippen molar-refractivity contribution in [2.24, 2.45) is 0 Å². The van der Waals surface area contributed by atoms with Gasteiger partial charge >= 0.3 is 0 Å². The fourth-order valence-electron chi connectivity index (χ4n) is 0. The van der Waals surface area contributed by atoms with Crippen molar-refractivity contribution in [2.45, 2.75) is 0 Å². The monoisotopic (exact) mass is 428 g/mol. The normalized spacial score (nSPS) is 0. The van der Waals surface area contributed by atoms with E-state index in [4.69, 9.17) is 0 Å². The second kappa shape index (κ2) is 15.9. The zero-order valence-corrected chi connectivity index (χ0v) is 14.4. The van der Waals surface area contributed by atoms with Crippen molar-refractivity contribution < 1.29 is 19.5 Å². The van der Waals surface area contributed by atoms with Gasteiger partial charge in [0.05, 0.1) is 0 Å². The number of rotatable bonds is 0. The molecular formula is BiCaInZn. The van der Waals surface area contributed by atoms with Crippen LogP contribution in [0.5, 0.6) is 0 Å². The minimum atomic E-state index is 0. The molecule has 0 amide bonds. The summed E-state index contributed by atoms with van der Waals surface area (Å²) >= 11 is 0. The molecule has 0 bridgehead atoms. The summed E-state index contributed by atoms with van der Waals surface area (Å²) < 4.78 is 0. The predicted molar refractivity (Wildman–Crippen MR) is 17.3 cm³/mol. The van der Waals surface area contributed by atoms with E-state index in [-0.39, 0.29) is 109 Å². The largest absolute Gasteiger partial charge is 0 e. The molecule has 0 spiro atoms. The van der Waals surface area contributed by atoms with E-state index in [0.29, 0.717) is 0 Å². The van der Waals surface area contributed by atoms with Crippen LogP contribution in [0, 0.1) is 0 Å². The summed E-state index contributed by atoms with van der Waals surface area (Å²) in [4.78, 5) is 0. The summed E-state index contributed by atoms with van der Waals surface area (Å²) in [5, 5.41) is 0. The van der Waals surface area contributed by atoms with Crippen molar-refractivity contribution in [1.29, 1.82) is 0 Å². The third kappa shape index (κ3) is 9.16. The molecule has 8 radical (unpaired) electrons. The van der Waals surface area contributed by atoms with E-state index in [1.165, 1.54) is 0 Å². The van der Waals surface area contributed by atoms with Crippen LogP contribution in [0.3, 0.4) is 0 Å². The Morgan fingerprint density at radius 2 is 1.00 bits per heavy atom. The van der Waals surface area contributed by atoms with E-state index in [0.717, 1.165) is 0 Å². The van der Waals surface area contributed by atoms with Crippen molar-refractivity contribution in [1.82, 2.24) is 0 Å². The van der Waals surface area contributed by atoms with Crippen LogP contribution in [0.1, 0.15) is 0 Å². The average Bonchev–Trinajstić information content (AvgIpc) is 0. The molecule has 0 aliphatic carbocycles. The summed E-state index contributed by atoms with van der Waals surface area (Å²) in [6, 6.07) is 0. The molecule has 0 unspecified atom stereocenters. The van der Waals surface area contributed by atoms with Crippen LogP contribution in [0.4, 0.5) is 0 Å². The zero-order chi connectivity index (χ0) is 0. The van der Waals surface area contributed by atoms with E-state index in [1.807, 2.05) is 0 Å². The van der Waals surface area contributed by atoms with Gasteiger partial charge in [-0.3, -0.25) is 0 Å². The van der Waals surface area contributed by atoms with Gasteiger partial charge in [-0.05, 0) is 0 Å². The van der Waals surface area contributed by atoms with Gasteiger partial charge in [-0.1, -0.05) is 0 Å². The van der Waals surface area contributed by atoms with E-state index in [9.17, 15) is 0 Å². The topological polar surface area (TPSA) is 0 Å². The van der Waals surface area contributed by atoms with Crippen molar-refractivity contribution in [3.05, 3.63) is 0 Å². The Balaban J connectivity index is 0. The molecule has 0 rings (SSSR count). The maximum Gasteiger partial charge on any atom is 0 e. The molecule has 0 saturated heterocycles. The summed E-state index contributed by atoms with van der Waals surface area (Å²) in [6.45, 7) is 0. The van der Waals surface area contributed by atoms with Crippen LogP contribution < -0.4 is 0 Å². The first-order valence-electron chi connectivity index (χ1n) is 0.